The van der Waals surface area contributed by atoms with Crippen molar-refractivity contribution in [1.82, 2.24) is 5.32 Å². The van der Waals surface area contributed by atoms with Crippen LogP contribution in [0, 0.1) is 5.41 Å². The van der Waals surface area contributed by atoms with E-state index in [-0.39, 0.29) is 18.4 Å². The number of rotatable bonds is 4. The fourth-order valence-electron chi connectivity index (χ4n) is 2.57. The van der Waals surface area contributed by atoms with Crippen LogP contribution in [0.5, 0.6) is 0 Å². The molecule has 5 nitrogen and oxygen atoms in total. The maximum atomic E-state index is 12.0. The maximum absolute atomic E-state index is 12.0. The van der Waals surface area contributed by atoms with E-state index >= 15 is 0 Å². The zero-order valence-electron chi connectivity index (χ0n) is 10.0. The van der Waals surface area contributed by atoms with E-state index in [1.165, 1.54) is 0 Å². The first-order chi connectivity index (χ1) is 8.60. The van der Waals surface area contributed by atoms with Crippen LogP contribution < -0.4 is 5.32 Å². The van der Waals surface area contributed by atoms with Gasteiger partial charge in [0.1, 0.15) is 0 Å². The number of allylic oxidation sites excluding steroid dienone is 1. The van der Waals surface area contributed by atoms with Crippen molar-refractivity contribution in [3.8, 4) is 0 Å². The van der Waals surface area contributed by atoms with Gasteiger partial charge in [-0.1, -0.05) is 12.7 Å². The highest BCUT2D eigenvalue weighted by Crippen LogP contribution is 2.44. The van der Waals surface area contributed by atoms with Gasteiger partial charge in [-0.15, -0.1) is 0 Å². The first kappa shape index (κ1) is 12.5. The molecular weight excluding hydrogens is 234 g/mol. The molecule has 1 N–H and O–H groups in total. The minimum atomic E-state index is -0.795. The van der Waals surface area contributed by atoms with Crippen LogP contribution >= 0.6 is 0 Å². The second kappa shape index (κ2) is 4.76. The van der Waals surface area contributed by atoms with Crippen molar-refractivity contribution in [2.24, 2.45) is 5.41 Å². The lowest BCUT2D eigenvalue weighted by Crippen LogP contribution is -2.34. The summed E-state index contributed by atoms with van der Waals surface area (Å²) in [6, 6.07) is 0. The van der Waals surface area contributed by atoms with Gasteiger partial charge in [-0.05, 0) is 19.3 Å². The summed E-state index contributed by atoms with van der Waals surface area (Å²) in [5.41, 5.74) is -0.259. The fraction of sp³-hybridized carbons (Fsp3) is 0.462. The molecule has 2 rings (SSSR count). The van der Waals surface area contributed by atoms with Crippen molar-refractivity contribution in [3.63, 3.8) is 0 Å². The summed E-state index contributed by atoms with van der Waals surface area (Å²) >= 11 is 0. The SMILES string of the molecule is C=CC(=O)OCCC12CCCC=C1C(=O)NC2=O. The average Bonchev–Trinajstić information content (AvgIpc) is 2.62. The second-order valence-corrected chi connectivity index (χ2v) is 4.50. The van der Waals surface area contributed by atoms with Gasteiger partial charge in [0.2, 0.25) is 5.91 Å². The van der Waals surface area contributed by atoms with Gasteiger partial charge in [0.05, 0.1) is 12.0 Å². The molecular formula is C13H15NO4. The van der Waals surface area contributed by atoms with Gasteiger partial charge in [0.15, 0.2) is 0 Å². The lowest BCUT2D eigenvalue weighted by molar-refractivity contribution is -0.140. The lowest BCUT2D eigenvalue weighted by atomic mass is 9.72. The summed E-state index contributed by atoms with van der Waals surface area (Å²) in [6.45, 7) is 3.41. The van der Waals surface area contributed by atoms with Crippen molar-refractivity contribution < 1.29 is 19.1 Å². The highest BCUT2D eigenvalue weighted by Gasteiger charge is 2.51. The Morgan fingerprint density at radius 3 is 3.06 bits per heavy atom. The summed E-state index contributed by atoms with van der Waals surface area (Å²) in [7, 11) is 0. The van der Waals surface area contributed by atoms with Crippen LogP contribution in [0.15, 0.2) is 24.3 Å². The molecule has 2 amide bonds. The summed E-state index contributed by atoms with van der Waals surface area (Å²) in [4.78, 5) is 34.6. The Balaban J connectivity index is 2.12. The molecule has 18 heavy (non-hydrogen) atoms. The molecule has 1 atom stereocenters. The summed E-state index contributed by atoms with van der Waals surface area (Å²) in [5.74, 6) is -1.10. The van der Waals surface area contributed by atoms with Crippen LogP contribution in [0.25, 0.3) is 0 Å². The van der Waals surface area contributed by atoms with Gasteiger partial charge in [-0.2, -0.15) is 0 Å². The predicted octanol–water partition coefficient (Wildman–Crippen LogP) is 0.859. The number of ether oxygens (including phenoxy) is 1. The molecule has 0 saturated carbocycles. The molecule has 0 aromatic rings. The molecule has 1 fully saturated rings. The molecule has 1 saturated heterocycles. The molecule has 1 aliphatic carbocycles. The summed E-state index contributed by atoms with van der Waals surface area (Å²) in [6.07, 6.45) is 5.54. The third-order valence-corrected chi connectivity index (χ3v) is 3.52. The number of fused-ring (bicyclic) bond motifs is 1. The third kappa shape index (κ3) is 1.96. The van der Waals surface area contributed by atoms with Crippen molar-refractivity contribution in [2.75, 3.05) is 6.61 Å². The normalized spacial score (nSPS) is 26.1. The second-order valence-electron chi connectivity index (χ2n) is 4.50. The van der Waals surface area contributed by atoms with E-state index in [0.717, 1.165) is 18.9 Å². The van der Waals surface area contributed by atoms with Crippen LogP contribution in [0.3, 0.4) is 0 Å². The molecule has 2 aliphatic rings. The van der Waals surface area contributed by atoms with Gasteiger partial charge in [-0.3, -0.25) is 14.9 Å². The standard InChI is InChI=1S/C13H15NO4/c1-2-10(15)18-8-7-13-6-4-3-5-9(13)11(16)14-12(13)17/h2,5H,1,3-4,6-8H2,(H,14,16,17). The van der Waals surface area contributed by atoms with E-state index in [1.807, 2.05) is 6.08 Å². The molecule has 1 unspecified atom stereocenters. The van der Waals surface area contributed by atoms with E-state index < -0.39 is 11.4 Å². The Labute approximate surface area is 105 Å². The minimum Gasteiger partial charge on any atom is -0.462 e. The first-order valence-electron chi connectivity index (χ1n) is 5.96. The van der Waals surface area contributed by atoms with Gasteiger partial charge >= 0.3 is 5.97 Å². The quantitative estimate of drug-likeness (QED) is 0.455. The molecule has 96 valence electrons. The van der Waals surface area contributed by atoms with Crippen LogP contribution in [-0.4, -0.2) is 24.4 Å². The van der Waals surface area contributed by atoms with Crippen LogP contribution in [-0.2, 0) is 19.1 Å². The van der Waals surface area contributed by atoms with Crippen molar-refractivity contribution in [1.29, 1.82) is 0 Å². The molecule has 5 heteroatoms. The predicted molar refractivity (Wildman–Crippen MR) is 63.3 cm³/mol. The van der Waals surface area contributed by atoms with Crippen LogP contribution in [0.1, 0.15) is 25.7 Å². The third-order valence-electron chi connectivity index (χ3n) is 3.52. The molecule has 0 radical (unpaired) electrons. The van der Waals surface area contributed by atoms with E-state index in [0.29, 0.717) is 18.4 Å². The van der Waals surface area contributed by atoms with Crippen LogP contribution in [0.2, 0.25) is 0 Å². The van der Waals surface area contributed by atoms with E-state index in [9.17, 15) is 14.4 Å². The van der Waals surface area contributed by atoms with Gasteiger partial charge in [-0.25, -0.2) is 4.79 Å². The Bertz CT molecular complexity index is 452. The highest BCUT2D eigenvalue weighted by molar-refractivity contribution is 6.17. The highest BCUT2D eigenvalue weighted by atomic mass is 16.5. The fourth-order valence-corrected chi connectivity index (χ4v) is 2.57. The summed E-state index contributed by atoms with van der Waals surface area (Å²) < 4.78 is 4.90. The number of esters is 1. The summed E-state index contributed by atoms with van der Waals surface area (Å²) in [5, 5.41) is 2.34. The van der Waals surface area contributed by atoms with Gasteiger partial charge in [0.25, 0.3) is 5.91 Å². The Hall–Kier alpha value is -1.91. The zero-order valence-corrected chi connectivity index (χ0v) is 10.0. The topological polar surface area (TPSA) is 72.5 Å². The van der Waals surface area contributed by atoms with Gasteiger partial charge in [0, 0.05) is 18.1 Å². The van der Waals surface area contributed by atoms with Crippen molar-refractivity contribution in [2.45, 2.75) is 25.7 Å². The number of imide groups is 1. The molecule has 0 aromatic heterocycles. The largest absolute Gasteiger partial charge is 0.462 e. The van der Waals surface area contributed by atoms with Crippen molar-refractivity contribution >= 4 is 17.8 Å². The molecule has 0 spiro atoms. The number of hydrogen-bond acceptors (Lipinski definition) is 4. The monoisotopic (exact) mass is 249 g/mol. The minimum absolute atomic E-state index is 0.114. The van der Waals surface area contributed by atoms with Gasteiger partial charge < -0.3 is 4.74 Å². The zero-order chi connectivity index (χ0) is 13.2. The maximum Gasteiger partial charge on any atom is 0.330 e. The Kier molecular flexibility index (Phi) is 3.32. The number of nitrogens with one attached hydrogen (secondary N) is 1. The molecule has 0 bridgehead atoms. The first-order valence-corrected chi connectivity index (χ1v) is 5.96. The lowest BCUT2D eigenvalue weighted by Gasteiger charge is -2.29. The Morgan fingerprint density at radius 1 is 1.56 bits per heavy atom. The number of carbonyl (C=O) groups is 3. The number of amides is 2. The number of hydrogen-bond donors (Lipinski definition) is 1. The molecule has 1 aliphatic heterocycles. The number of carbonyl (C=O) groups excluding carboxylic acids is 3. The average molecular weight is 249 g/mol. The molecule has 1 heterocycles. The van der Waals surface area contributed by atoms with E-state index in [2.05, 4.69) is 11.9 Å². The van der Waals surface area contributed by atoms with Crippen LogP contribution in [0.4, 0.5) is 0 Å². The van der Waals surface area contributed by atoms with Crippen molar-refractivity contribution in [3.05, 3.63) is 24.3 Å². The Morgan fingerprint density at radius 2 is 2.33 bits per heavy atom. The smallest absolute Gasteiger partial charge is 0.330 e. The van der Waals surface area contributed by atoms with E-state index in [4.69, 9.17) is 4.74 Å². The van der Waals surface area contributed by atoms with E-state index in [1.54, 1.807) is 0 Å². The molecule has 0 aromatic carbocycles.